The summed E-state index contributed by atoms with van der Waals surface area (Å²) in [5, 5.41) is 0. The van der Waals surface area contributed by atoms with Gasteiger partial charge < -0.3 is 0 Å². The Kier molecular flexibility index (Phi) is 5.98. The van der Waals surface area contributed by atoms with Gasteiger partial charge >= 0.3 is 0 Å². The number of rotatable bonds is 8. The monoisotopic (exact) mass is 309 g/mol. The molecule has 0 radical (unpaired) electrons. The summed E-state index contributed by atoms with van der Waals surface area (Å²) in [5.74, 6) is 0. The molecule has 0 saturated carbocycles. The van der Waals surface area contributed by atoms with Crippen LogP contribution in [0.25, 0.3) is 0 Å². The van der Waals surface area contributed by atoms with Gasteiger partial charge in [-0.3, -0.25) is 4.99 Å². The first-order valence-corrected chi connectivity index (χ1v) is 8.93. The van der Waals surface area contributed by atoms with Crippen molar-refractivity contribution in [2.45, 2.75) is 65.2 Å². The van der Waals surface area contributed by atoms with Crippen LogP contribution in [0.4, 0.5) is 0 Å². The van der Waals surface area contributed by atoms with E-state index in [1.54, 1.807) is 0 Å². The van der Waals surface area contributed by atoms with Gasteiger partial charge in [-0.15, -0.1) is 0 Å². The summed E-state index contributed by atoms with van der Waals surface area (Å²) >= 11 is 0. The van der Waals surface area contributed by atoms with Crippen molar-refractivity contribution in [3.05, 3.63) is 59.2 Å². The number of hydrogen-bond donors (Lipinski definition) is 0. The molecule has 1 heteroatoms. The number of aliphatic imine (C=N–C) groups is 1. The van der Waals surface area contributed by atoms with E-state index in [0.717, 1.165) is 18.7 Å². The molecule has 1 aromatic rings. The number of aryl methyl sites for hydroxylation is 1. The van der Waals surface area contributed by atoms with E-state index < -0.39 is 0 Å². The molecule has 1 heterocycles. The predicted molar refractivity (Wildman–Crippen MR) is 102 cm³/mol. The lowest BCUT2D eigenvalue weighted by Gasteiger charge is -2.29. The third-order valence-electron chi connectivity index (χ3n) is 5.38. The lowest BCUT2D eigenvalue weighted by molar-refractivity contribution is 0.399. The molecular weight excluding hydrogens is 278 g/mol. The van der Waals surface area contributed by atoms with Crippen molar-refractivity contribution in [1.82, 2.24) is 0 Å². The molecule has 0 bridgehead atoms. The molecule has 0 aliphatic carbocycles. The zero-order chi connectivity index (χ0) is 16.9. The fraction of sp³-hybridized carbons (Fsp3) is 0.500. The summed E-state index contributed by atoms with van der Waals surface area (Å²) in [7, 11) is 0. The van der Waals surface area contributed by atoms with Crippen LogP contribution in [0.3, 0.4) is 0 Å². The summed E-state index contributed by atoms with van der Waals surface area (Å²) in [5.41, 5.74) is 6.82. The van der Waals surface area contributed by atoms with Gasteiger partial charge in [-0.1, -0.05) is 62.8 Å². The Hall–Kier alpha value is -1.63. The van der Waals surface area contributed by atoms with Crippen LogP contribution in [-0.2, 0) is 5.41 Å². The second-order valence-electron chi connectivity index (χ2n) is 7.13. The van der Waals surface area contributed by atoms with Crippen LogP contribution < -0.4 is 0 Å². The fourth-order valence-corrected chi connectivity index (χ4v) is 3.38. The fourth-order valence-electron chi connectivity index (χ4n) is 3.38. The Morgan fingerprint density at radius 1 is 1.17 bits per heavy atom. The maximum atomic E-state index is 4.43. The molecular formula is C22H31N. The van der Waals surface area contributed by atoms with Crippen LogP contribution in [0.1, 0.15) is 64.0 Å². The van der Waals surface area contributed by atoms with Gasteiger partial charge in [-0.25, -0.2) is 0 Å². The van der Waals surface area contributed by atoms with E-state index in [2.05, 4.69) is 69.6 Å². The number of allylic oxidation sites excluding steroid dienone is 2. The van der Waals surface area contributed by atoms with Gasteiger partial charge in [-0.2, -0.15) is 0 Å². The van der Waals surface area contributed by atoms with Crippen molar-refractivity contribution in [3.8, 4) is 0 Å². The van der Waals surface area contributed by atoms with Gasteiger partial charge in [0.1, 0.15) is 0 Å². The number of hydrogen-bond acceptors (Lipinski definition) is 1. The Morgan fingerprint density at radius 3 is 2.43 bits per heavy atom. The zero-order valence-corrected chi connectivity index (χ0v) is 15.3. The third-order valence-corrected chi connectivity index (χ3v) is 5.38. The molecule has 1 aliphatic rings. The summed E-state index contributed by atoms with van der Waals surface area (Å²) in [4.78, 5) is 4.43. The molecule has 0 N–H and O–H groups in total. The molecule has 2 rings (SSSR count). The van der Waals surface area contributed by atoms with E-state index in [-0.39, 0.29) is 0 Å². The highest BCUT2D eigenvalue weighted by Crippen LogP contribution is 2.34. The van der Waals surface area contributed by atoms with E-state index >= 15 is 0 Å². The Morgan fingerprint density at radius 2 is 1.87 bits per heavy atom. The van der Waals surface area contributed by atoms with Crippen LogP contribution in [0.2, 0.25) is 0 Å². The number of benzene rings is 1. The highest BCUT2D eigenvalue weighted by atomic mass is 14.7. The van der Waals surface area contributed by atoms with Gasteiger partial charge in [0.15, 0.2) is 0 Å². The van der Waals surface area contributed by atoms with Gasteiger partial charge in [-0.05, 0) is 61.7 Å². The second kappa shape index (κ2) is 7.77. The van der Waals surface area contributed by atoms with Crippen molar-refractivity contribution < 1.29 is 0 Å². The number of nitrogens with zero attached hydrogens (tertiary/aromatic N) is 1. The van der Waals surface area contributed by atoms with E-state index in [1.807, 2.05) is 0 Å². The van der Waals surface area contributed by atoms with Crippen LogP contribution in [-0.4, -0.2) is 12.3 Å². The predicted octanol–water partition coefficient (Wildman–Crippen LogP) is 6.18. The van der Waals surface area contributed by atoms with Crippen LogP contribution >= 0.6 is 0 Å². The minimum atomic E-state index is 0.291. The van der Waals surface area contributed by atoms with Crippen LogP contribution in [0.5, 0.6) is 0 Å². The maximum absolute atomic E-state index is 4.43. The van der Waals surface area contributed by atoms with E-state index in [9.17, 15) is 0 Å². The van der Waals surface area contributed by atoms with Gasteiger partial charge in [0, 0.05) is 5.71 Å². The van der Waals surface area contributed by atoms with Crippen molar-refractivity contribution in [2.75, 3.05) is 6.54 Å². The van der Waals surface area contributed by atoms with Gasteiger partial charge in [0.2, 0.25) is 0 Å². The molecule has 0 fully saturated rings. The minimum Gasteiger partial charge on any atom is -0.285 e. The topological polar surface area (TPSA) is 12.4 Å². The van der Waals surface area contributed by atoms with Crippen LogP contribution in [0, 0.1) is 6.92 Å². The molecule has 23 heavy (non-hydrogen) atoms. The molecule has 1 nitrogen and oxygen atoms in total. The van der Waals surface area contributed by atoms with Gasteiger partial charge in [0.25, 0.3) is 0 Å². The van der Waals surface area contributed by atoms with E-state index in [4.69, 9.17) is 0 Å². The van der Waals surface area contributed by atoms with E-state index in [1.165, 1.54) is 48.0 Å². The molecule has 0 aromatic heterocycles. The smallest absolute Gasteiger partial charge is 0.0583 e. The lowest BCUT2D eigenvalue weighted by atomic mass is 9.75. The van der Waals surface area contributed by atoms with Crippen molar-refractivity contribution in [1.29, 1.82) is 0 Å². The largest absolute Gasteiger partial charge is 0.285 e. The molecule has 1 aliphatic heterocycles. The zero-order valence-electron chi connectivity index (χ0n) is 15.3. The average molecular weight is 309 g/mol. The summed E-state index contributed by atoms with van der Waals surface area (Å²) in [6, 6.07) is 9.08. The minimum absolute atomic E-state index is 0.291. The van der Waals surface area contributed by atoms with Crippen molar-refractivity contribution >= 4 is 5.71 Å². The first kappa shape index (κ1) is 17.7. The Balaban J connectivity index is 1.85. The highest BCUT2D eigenvalue weighted by molar-refractivity contribution is 6.03. The molecule has 0 spiro atoms. The summed E-state index contributed by atoms with van der Waals surface area (Å²) in [6.45, 7) is 14.1. The second-order valence-corrected chi connectivity index (χ2v) is 7.13. The molecule has 1 atom stereocenters. The average Bonchev–Trinajstić information content (AvgIpc) is 2.98. The molecule has 1 aromatic carbocycles. The molecule has 0 amide bonds. The van der Waals surface area contributed by atoms with Crippen molar-refractivity contribution in [2.24, 2.45) is 4.99 Å². The Labute approximate surface area is 142 Å². The highest BCUT2D eigenvalue weighted by Gasteiger charge is 2.23. The Bertz CT molecular complexity index is 603. The molecule has 0 saturated heterocycles. The SMILES string of the molecule is C=C(CCCCC(C)(CC)c1ccc(C)cc1)C1=CCN=C1C. The van der Waals surface area contributed by atoms with Crippen LogP contribution in [0.15, 0.2) is 53.1 Å². The normalized spacial score (nSPS) is 16.7. The van der Waals surface area contributed by atoms with Gasteiger partial charge in [0.05, 0.1) is 6.54 Å². The maximum Gasteiger partial charge on any atom is 0.0583 e. The molecule has 124 valence electrons. The van der Waals surface area contributed by atoms with E-state index in [0.29, 0.717) is 5.41 Å². The standard InChI is InChI=1S/C22H31N/c1-6-22(5,20-12-10-17(2)11-13-20)15-8-7-9-18(3)21-14-16-23-19(21)4/h10-14H,3,6-9,15-16H2,1-2,4-5H3. The first-order chi connectivity index (χ1) is 11.0. The summed E-state index contributed by atoms with van der Waals surface area (Å²) in [6.07, 6.45) is 8.19. The number of unbranched alkanes of at least 4 members (excludes halogenated alkanes) is 1. The van der Waals surface area contributed by atoms with Crippen molar-refractivity contribution in [3.63, 3.8) is 0 Å². The first-order valence-electron chi connectivity index (χ1n) is 8.93. The lowest BCUT2D eigenvalue weighted by Crippen LogP contribution is -2.20. The third kappa shape index (κ3) is 4.43. The summed E-state index contributed by atoms with van der Waals surface area (Å²) < 4.78 is 0. The molecule has 1 unspecified atom stereocenters. The quantitative estimate of drug-likeness (QED) is 0.508.